The van der Waals surface area contributed by atoms with E-state index in [1.807, 2.05) is 13.8 Å². The van der Waals surface area contributed by atoms with Crippen molar-refractivity contribution in [2.75, 3.05) is 38.1 Å². The molecule has 0 unspecified atom stereocenters. The van der Waals surface area contributed by atoms with Gasteiger partial charge in [-0.25, -0.2) is 21.2 Å². The highest BCUT2D eigenvalue weighted by Crippen LogP contribution is 2.30. The Bertz CT molecular complexity index is 1800. The fourth-order valence-electron chi connectivity index (χ4n) is 5.65. The molecule has 4 atom stereocenters. The summed E-state index contributed by atoms with van der Waals surface area (Å²) >= 11 is 0. The van der Waals surface area contributed by atoms with Crippen molar-refractivity contribution in [3.63, 3.8) is 0 Å². The van der Waals surface area contributed by atoms with E-state index in [4.69, 9.17) is 14.0 Å². The first-order chi connectivity index (χ1) is 23.0. The van der Waals surface area contributed by atoms with Crippen LogP contribution in [0.15, 0.2) is 56.8 Å². The van der Waals surface area contributed by atoms with Gasteiger partial charge in [0.15, 0.2) is 10.7 Å². The average molecular weight is 725 g/mol. The Balaban J connectivity index is 1.69. The zero-order chi connectivity index (χ0) is 36.1. The predicted octanol–water partition coefficient (Wildman–Crippen LogP) is 4.35. The molecule has 2 N–H and O–H groups in total. The van der Waals surface area contributed by atoms with Crippen LogP contribution in [-0.2, 0) is 24.8 Å². The molecule has 270 valence electrons. The molecule has 1 aliphatic rings. The molecule has 13 nitrogen and oxygen atoms in total. The molecule has 0 saturated carbocycles. The molecule has 2 heterocycles. The first-order valence-electron chi connectivity index (χ1n) is 16.1. The van der Waals surface area contributed by atoms with Gasteiger partial charge in [-0.1, -0.05) is 12.1 Å². The fourth-order valence-corrected chi connectivity index (χ4v) is 8.22. The molecule has 0 aliphatic carbocycles. The van der Waals surface area contributed by atoms with Gasteiger partial charge in [-0.3, -0.25) is 9.52 Å². The number of likely N-dealkylation sites (N-methyl/N-ethyl adjacent to an activating group) is 1. The summed E-state index contributed by atoms with van der Waals surface area (Å²) in [5.74, 6) is -1.16. The summed E-state index contributed by atoms with van der Waals surface area (Å²) in [6.45, 7) is 8.31. The van der Waals surface area contributed by atoms with Crippen molar-refractivity contribution in [2.24, 2.45) is 5.92 Å². The van der Waals surface area contributed by atoms with Crippen LogP contribution in [0, 0.1) is 25.6 Å². The van der Waals surface area contributed by atoms with Gasteiger partial charge in [0.05, 0.1) is 35.3 Å². The molecule has 16 heteroatoms. The minimum atomic E-state index is -4.13. The second-order valence-corrected chi connectivity index (χ2v) is 16.2. The van der Waals surface area contributed by atoms with Crippen LogP contribution in [-0.4, -0.2) is 93.8 Å². The van der Waals surface area contributed by atoms with Crippen LogP contribution in [0.1, 0.15) is 61.8 Å². The Hall–Kier alpha value is -3.57. The largest absolute Gasteiger partial charge is 0.490 e. The highest BCUT2D eigenvalue weighted by Gasteiger charge is 2.33. The number of halogens is 1. The predicted molar refractivity (Wildman–Crippen MR) is 180 cm³/mol. The van der Waals surface area contributed by atoms with Crippen molar-refractivity contribution in [2.45, 2.75) is 81.9 Å². The Kier molecular flexibility index (Phi) is 12.5. The normalized spacial score (nSPS) is 20.7. The number of benzene rings is 2. The molecule has 0 radical (unpaired) electrons. The lowest BCUT2D eigenvalue weighted by Crippen LogP contribution is -2.48. The maximum Gasteiger partial charge on any atom is 0.267 e. The number of rotatable bonds is 9. The SMILES string of the molecule is Cc1noc(C)c1S(=O)(=O)Nc1ccc2c(c1)C(=O)N([C@@H](C)CO)C[C@@H](C)[C@H](CN(C)S(=O)(=O)c1ccc(F)cc1)OCCCC[C@@H](C)O2. The number of aliphatic hydroxyl groups excluding tert-OH is 1. The number of aromatic nitrogens is 1. The van der Waals surface area contributed by atoms with E-state index >= 15 is 0 Å². The Morgan fingerprint density at radius 2 is 1.80 bits per heavy atom. The van der Waals surface area contributed by atoms with Crippen LogP contribution >= 0.6 is 0 Å². The molecule has 49 heavy (non-hydrogen) atoms. The van der Waals surface area contributed by atoms with Crippen molar-refractivity contribution < 1.29 is 45.1 Å². The van der Waals surface area contributed by atoms with Crippen molar-refractivity contribution in [1.82, 2.24) is 14.4 Å². The van der Waals surface area contributed by atoms with Gasteiger partial charge in [0.2, 0.25) is 10.0 Å². The van der Waals surface area contributed by atoms with Crippen LogP contribution in [0.25, 0.3) is 0 Å². The number of anilines is 1. The number of carbonyl (C=O) groups excluding carboxylic acids is 1. The minimum Gasteiger partial charge on any atom is -0.490 e. The molecule has 1 aromatic heterocycles. The van der Waals surface area contributed by atoms with E-state index < -0.39 is 49.8 Å². The van der Waals surface area contributed by atoms with Crippen LogP contribution in [0.3, 0.4) is 0 Å². The lowest BCUT2D eigenvalue weighted by atomic mass is 10.0. The topological polar surface area (TPSA) is 169 Å². The standard InChI is InChI=1S/C33H45FN4O9S2/c1-21-18-38(22(2)20-39)33(40)29-17-27(36-48(41,42)32-24(4)35-47-25(32)5)12-15-30(29)46-23(3)9-7-8-16-45-31(21)19-37(6)49(43,44)28-13-10-26(34)11-14-28/h10-15,17,21-23,31,36,39H,7-9,16,18-20H2,1-6H3/t21-,22+,23-,31+/m1/s1. The third-order valence-corrected chi connectivity index (χ3v) is 12.0. The summed E-state index contributed by atoms with van der Waals surface area (Å²) in [6.07, 6.45) is 1.03. The smallest absolute Gasteiger partial charge is 0.267 e. The monoisotopic (exact) mass is 724 g/mol. The van der Waals surface area contributed by atoms with Crippen LogP contribution in [0.5, 0.6) is 5.75 Å². The highest BCUT2D eigenvalue weighted by molar-refractivity contribution is 7.92. The first-order valence-corrected chi connectivity index (χ1v) is 19.0. The van der Waals surface area contributed by atoms with Gasteiger partial charge < -0.3 is 24.0 Å². The highest BCUT2D eigenvalue weighted by atomic mass is 32.2. The number of nitrogens with one attached hydrogen (secondary N) is 1. The second-order valence-electron chi connectivity index (χ2n) is 12.5. The zero-order valence-corrected chi connectivity index (χ0v) is 30.2. The number of aliphatic hydroxyl groups is 1. The van der Waals surface area contributed by atoms with Gasteiger partial charge in [-0.2, -0.15) is 4.31 Å². The van der Waals surface area contributed by atoms with Crippen LogP contribution in [0.4, 0.5) is 10.1 Å². The number of ether oxygens (including phenoxy) is 2. The Morgan fingerprint density at radius 1 is 1.10 bits per heavy atom. The quantitative estimate of drug-likeness (QED) is 0.324. The summed E-state index contributed by atoms with van der Waals surface area (Å²) in [5.41, 5.74) is 0.355. The van der Waals surface area contributed by atoms with E-state index in [9.17, 15) is 31.1 Å². The number of nitrogens with zero attached hydrogens (tertiary/aromatic N) is 3. The maximum atomic E-state index is 14.4. The van der Waals surface area contributed by atoms with E-state index in [0.717, 1.165) is 22.9 Å². The van der Waals surface area contributed by atoms with E-state index in [0.29, 0.717) is 19.4 Å². The Labute approximate surface area is 287 Å². The molecule has 4 rings (SSSR count). The van der Waals surface area contributed by atoms with Crippen molar-refractivity contribution in [3.05, 3.63) is 65.3 Å². The third kappa shape index (κ3) is 9.16. The van der Waals surface area contributed by atoms with Gasteiger partial charge in [0, 0.05) is 38.3 Å². The lowest BCUT2D eigenvalue weighted by molar-refractivity contribution is -0.00834. The maximum absolute atomic E-state index is 14.4. The van der Waals surface area contributed by atoms with E-state index in [1.54, 1.807) is 6.92 Å². The van der Waals surface area contributed by atoms with Gasteiger partial charge in [0.25, 0.3) is 15.9 Å². The van der Waals surface area contributed by atoms with E-state index in [1.165, 1.54) is 56.1 Å². The summed E-state index contributed by atoms with van der Waals surface area (Å²) in [6, 6.07) is 8.31. The molecule has 1 amide bonds. The number of hydrogen-bond donors (Lipinski definition) is 2. The number of sulfonamides is 2. The van der Waals surface area contributed by atoms with Crippen LogP contribution in [0.2, 0.25) is 0 Å². The Morgan fingerprint density at radius 3 is 2.43 bits per heavy atom. The van der Waals surface area contributed by atoms with Crippen molar-refractivity contribution in [1.29, 1.82) is 0 Å². The summed E-state index contributed by atoms with van der Waals surface area (Å²) in [5, 5.41) is 13.9. The third-order valence-electron chi connectivity index (χ3n) is 8.50. The molecule has 0 fully saturated rings. The molecule has 0 spiro atoms. The van der Waals surface area contributed by atoms with E-state index in [2.05, 4.69) is 9.88 Å². The average Bonchev–Trinajstić information content (AvgIpc) is 3.40. The van der Waals surface area contributed by atoms with E-state index in [-0.39, 0.29) is 64.0 Å². The van der Waals surface area contributed by atoms with Gasteiger partial charge in [-0.05, 0) is 89.4 Å². The lowest BCUT2D eigenvalue weighted by Gasteiger charge is -2.35. The number of fused-ring (bicyclic) bond motifs is 1. The number of carbonyl (C=O) groups is 1. The van der Waals surface area contributed by atoms with Gasteiger partial charge >= 0.3 is 0 Å². The molecular weight excluding hydrogens is 680 g/mol. The van der Waals surface area contributed by atoms with Crippen molar-refractivity contribution in [3.8, 4) is 5.75 Å². The molecule has 2 aromatic carbocycles. The molecule has 3 aromatic rings. The molecule has 0 bridgehead atoms. The number of aryl methyl sites for hydroxylation is 2. The first kappa shape index (κ1) is 38.2. The molecule has 0 saturated heterocycles. The van der Waals surface area contributed by atoms with Gasteiger partial charge in [-0.15, -0.1) is 0 Å². The number of hydrogen-bond acceptors (Lipinski definition) is 10. The second kappa shape index (κ2) is 16.0. The summed E-state index contributed by atoms with van der Waals surface area (Å²) in [7, 11) is -6.71. The minimum absolute atomic E-state index is 0.0552. The fraction of sp³-hybridized carbons (Fsp3) is 0.515. The summed E-state index contributed by atoms with van der Waals surface area (Å²) in [4.78, 5) is 15.6. The molecular formula is C33H45FN4O9S2. The number of amides is 1. The zero-order valence-electron chi connectivity index (χ0n) is 28.5. The van der Waals surface area contributed by atoms with Gasteiger partial charge in [0.1, 0.15) is 17.3 Å². The van der Waals surface area contributed by atoms with Crippen LogP contribution < -0.4 is 9.46 Å². The summed E-state index contributed by atoms with van der Waals surface area (Å²) < 4.78 is 88.0. The van der Waals surface area contributed by atoms with Crippen molar-refractivity contribution >= 4 is 31.6 Å². The molecule has 1 aliphatic heterocycles.